The summed E-state index contributed by atoms with van der Waals surface area (Å²) in [5.41, 5.74) is 7.34. The van der Waals surface area contributed by atoms with Gasteiger partial charge in [0.2, 0.25) is 0 Å². The minimum Gasteiger partial charge on any atom is -0.329 e. The zero-order chi connectivity index (χ0) is 15.2. The SMILES string of the molecule is CSCCC(C)N(C)C(C)(CN)Cc1ccc(Cl)cc1. The van der Waals surface area contributed by atoms with Crippen molar-refractivity contribution in [2.24, 2.45) is 5.73 Å². The Kier molecular flexibility index (Phi) is 7.38. The lowest BCUT2D eigenvalue weighted by Crippen LogP contribution is -2.54. The summed E-state index contributed by atoms with van der Waals surface area (Å²) in [5.74, 6) is 1.19. The molecule has 20 heavy (non-hydrogen) atoms. The third-order valence-electron chi connectivity index (χ3n) is 4.19. The van der Waals surface area contributed by atoms with Crippen molar-refractivity contribution in [2.75, 3.05) is 25.6 Å². The third-order valence-corrected chi connectivity index (χ3v) is 5.09. The quantitative estimate of drug-likeness (QED) is 0.794. The Hall–Kier alpha value is -0.220. The van der Waals surface area contributed by atoms with Crippen LogP contribution in [0.4, 0.5) is 0 Å². The fraction of sp³-hybridized carbons (Fsp3) is 0.625. The predicted octanol–water partition coefficient (Wildman–Crippen LogP) is 3.67. The van der Waals surface area contributed by atoms with E-state index >= 15 is 0 Å². The van der Waals surface area contributed by atoms with E-state index in [1.807, 2.05) is 23.9 Å². The standard InChI is InChI=1S/C16H27ClN2S/c1-13(9-10-20-4)19(3)16(2,12-18)11-14-5-7-15(17)8-6-14/h5-8,13H,9-12,18H2,1-4H3. The number of rotatable bonds is 8. The molecule has 0 aliphatic rings. The summed E-state index contributed by atoms with van der Waals surface area (Å²) in [4.78, 5) is 2.43. The highest BCUT2D eigenvalue weighted by molar-refractivity contribution is 7.98. The first-order valence-electron chi connectivity index (χ1n) is 7.09. The van der Waals surface area contributed by atoms with Gasteiger partial charge in [-0.05, 0) is 63.4 Å². The first kappa shape index (κ1) is 17.8. The molecule has 2 atom stereocenters. The number of benzene rings is 1. The van der Waals surface area contributed by atoms with E-state index in [-0.39, 0.29) is 5.54 Å². The number of nitrogens with two attached hydrogens (primary N) is 1. The zero-order valence-corrected chi connectivity index (χ0v) is 14.6. The van der Waals surface area contributed by atoms with Crippen molar-refractivity contribution in [1.29, 1.82) is 0 Å². The third kappa shape index (κ3) is 4.96. The second-order valence-electron chi connectivity index (χ2n) is 5.75. The van der Waals surface area contributed by atoms with Crippen LogP contribution in [-0.2, 0) is 6.42 Å². The van der Waals surface area contributed by atoms with E-state index in [2.05, 4.69) is 44.2 Å². The topological polar surface area (TPSA) is 29.3 Å². The van der Waals surface area contributed by atoms with Crippen LogP contribution in [0.15, 0.2) is 24.3 Å². The van der Waals surface area contributed by atoms with Gasteiger partial charge in [0.1, 0.15) is 0 Å². The van der Waals surface area contributed by atoms with E-state index in [0.717, 1.165) is 11.4 Å². The minimum absolute atomic E-state index is 0.0222. The van der Waals surface area contributed by atoms with Crippen LogP contribution in [0.3, 0.4) is 0 Å². The van der Waals surface area contributed by atoms with E-state index in [4.69, 9.17) is 17.3 Å². The molecule has 2 nitrogen and oxygen atoms in total. The summed E-state index contributed by atoms with van der Waals surface area (Å²) in [5, 5.41) is 0.782. The molecule has 1 rings (SSSR count). The monoisotopic (exact) mass is 314 g/mol. The molecule has 2 N–H and O–H groups in total. The Bertz CT molecular complexity index is 396. The van der Waals surface area contributed by atoms with Crippen LogP contribution in [0, 0.1) is 0 Å². The van der Waals surface area contributed by atoms with Crippen molar-refractivity contribution in [2.45, 2.75) is 38.3 Å². The highest BCUT2D eigenvalue weighted by Gasteiger charge is 2.30. The van der Waals surface area contributed by atoms with Gasteiger partial charge in [0, 0.05) is 23.1 Å². The predicted molar refractivity (Wildman–Crippen MR) is 92.8 cm³/mol. The van der Waals surface area contributed by atoms with Gasteiger partial charge in [0.25, 0.3) is 0 Å². The number of hydrogen-bond acceptors (Lipinski definition) is 3. The van der Waals surface area contributed by atoms with E-state index in [1.54, 1.807) is 0 Å². The Morgan fingerprint density at radius 1 is 1.35 bits per heavy atom. The molecule has 1 aromatic rings. The van der Waals surface area contributed by atoms with Crippen molar-refractivity contribution in [3.05, 3.63) is 34.9 Å². The van der Waals surface area contributed by atoms with Gasteiger partial charge in [-0.2, -0.15) is 11.8 Å². The lowest BCUT2D eigenvalue weighted by Gasteiger charge is -2.42. The molecule has 0 saturated heterocycles. The molecule has 114 valence electrons. The van der Waals surface area contributed by atoms with E-state index in [0.29, 0.717) is 12.6 Å². The van der Waals surface area contributed by atoms with Gasteiger partial charge in [0.05, 0.1) is 0 Å². The maximum atomic E-state index is 6.08. The first-order valence-corrected chi connectivity index (χ1v) is 8.86. The fourth-order valence-corrected chi connectivity index (χ4v) is 3.10. The number of halogens is 1. The fourth-order valence-electron chi connectivity index (χ4n) is 2.40. The van der Waals surface area contributed by atoms with Crippen LogP contribution in [0.5, 0.6) is 0 Å². The molecule has 0 saturated carbocycles. The summed E-state index contributed by atoms with van der Waals surface area (Å²) in [6.45, 7) is 5.18. The molecule has 0 aliphatic carbocycles. The van der Waals surface area contributed by atoms with Crippen LogP contribution < -0.4 is 5.73 Å². The molecule has 0 spiro atoms. The van der Waals surface area contributed by atoms with Crippen LogP contribution in [-0.4, -0.2) is 42.1 Å². The van der Waals surface area contributed by atoms with Gasteiger partial charge in [-0.15, -0.1) is 0 Å². The van der Waals surface area contributed by atoms with Gasteiger partial charge in [-0.25, -0.2) is 0 Å². The van der Waals surface area contributed by atoms with E-state index in [9.17, 15) is 0 Å². The molecule has 0 aromatic heterocycles. The average Bonchev–Trinajstić information content (AvgIpc) is 2.46. The highest BCUT2D eigenvalue weighted by atomic mass is 35.5. The second kappa shape index (κ2) is 8.28. The summed E-state index contributed by atoms with van der Waals surface area (Å²) in [7, 11) is 2.19. The van der Waals surface area contributed by atoms with Crippen LogP contribution >= 0.6 is 23.4 Å². The van der Waals surface area contributed by atoms with Gasteiger partial charge in [-0.3, -0.25) is 4.90 Å². The van der Waals surface area contributed by atoms with Crippen LogP contribution in [0.2, 0.25) is 5.02 Å². The van der Waals surface area contributed by atoms with Gasteiger partial charge in [-0.1, -0.05) is 23.7 Å². The summed E-state index contributed by atoms with van der Waals surface area (Å²) in [6, 6.07) is 8.62. The largest absolute Gasteiger partial charge is 0.329 e. The Morgan fingerprint density at radius 2 is 1.95 bits per heavy atom. The van der Waals surface area contributed by atoms with Crippen LogP contribution in [0.1, 0.15) is 25.8 Å². The molecule has 0 fully saturated rings. The Balaban J connectivity index is 2.76. The molecular formula is C16H27ClN2S. The summed E-state index contributed by atoms with van der Waals surface area (Å²) in [6.07, 6.45) is 4.29. The highest BCUT2D eigenvalue weighted by Crippen LogP contribution is 2.23. The average molecular weight is 315 g/mol. The molecular weight excluding hydrogens is 288 g/mol. The number of nitrogens with zero attached hydrogens (tertiary/aromatic N) is 1. The Labute approximate surface area is 133 Å². The maximum Gasteiger partial charge on any atom is 0.0406 e. The van der Waals surface area contributed by atoms with Gasteiger partial charge < -0.3 is 5.73 Å². The van der Waals surface area contributed by atoms with Gasteiger partial charge in [0.15, 0.2) is 0 Å². The minimum atomic E-state index is -0.0222. The molecule has 4 heteroatoms. The molecule has 2 unspecified atom stereocenters. The van der Waals surface area contributed by atoms with Crippen molar-refractivity contribution in [3.63, 3.8) is 0 Å². The lowest BCUT2D eigenvalue weighted by molar-refractivity contribution is 0.0985. The van der Waals surface area contributed by atoms with E-state index < -0.39 is 0 Å². The lowest BCUT2D eigenvalue weighted by atomic mass is 9.90. The second-order valence-corrected chi connectivity index (χ2v) is 7.17. The van der Waals surface area contributed by atoms with Gasteiger partial charge >= 0.3 is 0 Å². The Morgan fingerprint density at radius 3 is 2.45 bits per heavy atom. The summed E-state index contributed by atoms with van der Waals surface area (Å²) < 4.78 is 0. The number of likely N-dealkylation sites (N-methyl/N-ethyl adjacent to an activating group) is 1. The smallest absolute Gasteiger partial charge is 0.0406 e. The summed E-state index contributed by atoms with van der Waals surface area (Å²) >= 11 is 7.85. The molecule has 0 bridgehead atoms. The van der Waals surface area contributed by atoms with Crippen molar-refractivity contribution in [1.82, 2.24) is 4.90 Å². The molecule has 0 radical (unpaired) electrons. The van der Waals surface area contributed by atoms with Crippen molar-refractivity contribution >= 4 is 23.4 Å². The molecule has 0 amide bonds. The molecule has 1 aromatic carbocycles. The normalized spacial score (nSPS) is 16.1. The maximum absolute atomic E-state index is 6.08. The molecule has 0 aliphatic heterocycles. The molecule has 0 heterocycles. The van der Waals surface area contributed by atoms with Crippen LogP contribution in [0.25, 0.3) is 0 Å². The number of thioether (sulfide) groups is 1. The number of hydrogen-bond donors (Lipinski definition) is 1. The van der Waals surface area contributed by atoms with Crippen molar-refractivity contribution < 1.29 is 0 Å². The zero-order valence-electron chi connectivity index (χ0n) is 13.0. The van der Waals surface area contributed by atoms with Crippen molar-refractivity contribution in [3.8, 4) is 0 Å². The van der Waals surface area contributed by atoms with E-state index in [1.165, 1.54) is 17.7 Å². The first-order chi connectivity index (χ1) is 9.42.